The Labute approximate surface area is 288 Å². The summed E-state index contributed by atoms with van der Waals surface area (Å²) in [4.78, 5) is 19.2. The van der Waals surface area contributed by atoms with Crippen molar-refractivity contribution in [1.82, 2.24) is 14.9 Å². The van der Waals surface area contributed by atoms with Crippen LogP contribution in [0.1, 0.15) is 41.6 Å². The number of hydrogen-bond donors (Lipinski definition) is 2. The number of fused-ring (bicyclic) bond motifs is 2. The number of anilines is 1. The highest BCUT2D eigenvalue weighted by Crippen LogP contribution is 2.40. The SMILES string of the molecule is O=C(CC(NS(=O)(=O)c1ccc2ccccc2c1)c1ccccc1)N(c1ccccc1)C1CCOc2ccc(CCN3CCNCC3)cc21. The molecular formula is C40H42N4O4S. The van der Waals surface area contributed by atoms with Crippen molar-refractivity contribution in [2.24, 2.45) is 0 Å². The molecule has 2 N–H and O–H groups in total. The average molecular weight is 675 g/mol. The molecule has 2 aliphatic heterocycles. The van der Waals surface area contributed by atoms with Crippen LogP contribution in [0, 0.1) is 0 Å². The third-order valence-corrected chi connectivity index (χ3v) is 11.0. The van der Waals surface area contributed by atoms with Crippen LogP contribution in [0.4, 0.5) is 5.69 Å². The third kappa shape index (κ3) is 7.71. The lowest BCUT2D eigenvalue weighted by Gasteiger charge is -2.37. The molecule has 1 saturated heterocycles. The molecule has 2 unspecified atom stereocenters. The van der Waals surface area contributed by atoms with Crippen molar-refractivity contribution in [2.75, 3.05) is 44.2 Å². The lowest BCUT2D eigenvalue weighted by molar-refractivity contribution is -0.119. The van der Waals surface area contributed by atoms with Crippen LogP contribution in [0.3, 0.4) is 0 Å². The van der Waals surface area contributed by atoms with Gasteiger partial charge in [-0.2, -0.15) is 0 Å². The Morgan fingerprint density at radius 1 is 0.857 bits per heavy atom. The van der Waals surface area contributed by atoms with Crippen LogP contribution in [0.15, 0.2) is 126 Å². The monoisotopic (exact) mass is 674 g/mol. The minimum absolute atomic E-state index is 0.0684. The van der Waals surface area contributed by atoms with Crippen LogP contribution in [0.25, 0.3) is 10.8 Å². The molecule has 7 rings (SSSR count). The number of nitrogens with one attached hydrogen (secondary N) is 2. The van der Waals surface area contributed by atoms with E-state index in [1.54, 1.807) is 12.1 Å². The van der Waals surface area contributed by atoms with Crippen LogP contribution in [-0.4, -0.2) is 58.6 Å². The first-order chi connectivity index (χ1) is 23.9. The minimum atomic E-state index is -3.98. The highest BCUT2D eigenvalue weighted by Gasteiger charge is 2.34. The van der Waals surface area contributed by atoms with Gasteiger partial charge in [0.1, 0.15) is 5.75 Å². The molecule has 0 bridgehead atoms. The zero-order valence-corrected chi connectivity index (χ0v) is 28.3. The number of piperazine rings is 1. The van der Waals surface area contributed by atoms with Crippen molar-refractivity contribution < 1.29 is 17.9 Å². The van der Waals surface area contributed by atoms with E-state index in [0.29, 0.717) is 13.0 Å². The van der Waals surface area contributed by atoms with Crippen LogP contribution < -0.4 is 19.7 Å². The normalized spacial score (nSPS) is 17.2. The summed E-state index contributed by atoms with van der Waals surface area (Å²) in [5.41, 5.74) is 3.67. The number of benzene rings is 5. The molecule has 49 heavy (non-hydrogen) atoms. The number of sulfonamides is 1. The Bertz CT molecular complexity index is 2000. The van der Waals surface area contributed by atoms with Gasteiger partial charge < -0.3 is 19.9 Å². The molecule has 0 spiro atoms. The number of carbonyl (C=O) groups excluding carboxylic acids is 1. The zero-order chi connectivity index (χ0) is 33.6. The lowest BCUT2D eigenvalue weighted by Crippen LogP contribution is -2.44. The second kappa shape index (κ2) is 14.9. The van der Waals surface area contributed by atoms with Crippen molar-refractivity contribution in [2.45, 2.75) is 36.2 Å². The maximum absolute atomic E-state index is 14.7. The zero-order valence-electron chi connectivity index (χ0n) is 27.5. The van der Waals surface area contributed by atoms with Gasteiger partial charge in [-0.1, -0.05) is 84.9 Å². The summed E-state index contributed by atoms with van der Waals surface area (Å²) < 4.78 is 36.8. The number of para-hydroxylation sites is 1. The van der Waals surface area contributed by atoms with E-state index in [1.807, 2.05) is 102 Å². The van der Waals surface area contributed by atoms with E-state index in [-0.39, 0.29) is 23.3 Å². The van der Waals surface area contributed by atoms with Gasteiger partial charge in [0.2, 0.25) is 15.9 Å². The average Bonchev–Trinajstić information content (AvgIpc) is 3.15. The van der Waals surface area contributed by atoms with Gasteiger partial charge in [0.15, 0.2) is 0 Å². The minimum Gasteiger partial charge on any atom is -0.493 e. The van der Waals surface area contributed by atoms with Crippen molar-refractivity contribution in [1.29, 1.82) is 0 Å². The fraction of sp³-hybridized carbons (Fsp3) is 0.275. The van der Waals surface area contributed by atoms with Gasteiger partial charge in [-0.3, -0.25) is 4.79 Å². The molecule has 5 aromatic rings. The summed E-state index contributed by atoms with van der Waals surface area (Å²) in [5.74, 6) is 0.609. The van der Waals surface area contributed by atoms with E-state index in [4.69, 9.17) is 4.74 Å². The molecule has 8 nitrogen and oxygen atoms in total. The highest BCUT2D eigenvalue weighted by atomic mass is 32.2. The Balaban J connectivity index is 1.19. The predicted octanol–water partition coefficient (Wildman–Crippen LogP) is 6.25. The number of ether oxygens (including phenoxy) is 1. The quantitative estimate of drug-likeness (QED) is 0.172. The Morgan fingerprint density at radius 3 is 2.35 bits per heavy atom. The van der Waals surface area contributed by atoms with Gasteiger partial charge in [0, 0.05) is 56.8 Å². The molecule has 0 saturated carbocycles. The number of nitrogens with zero attached hydrogens (tertiary/aromatic N) is 2. The predicted molar refractivity (Wildman–Crippen MR) is 194 cm³/mol. The first kappa shape index (κ1) is 33.0. The second-order valence-electron chi connectivity index (χ2n) is 12.8. The summed E-state index contributed by atoms with van der Waals surface area (Å²) in [5, 5.41) is 5.20. The number of amides is 1. The summed E-state index contributed by atoms with van der Waals surface area (Å²) >= 11 is 0. The van der Waals surface area contributed by atoms with E-state index in [2.05, 4.69) is 27.1 Å². The van der Waals surface area contributed by atoms with E-state index in [0.717, 1.165) is 72.5 Å². The van der Waals surface area contributed by atoms with Crippen LogP contribution >= 0.6 is 0 Å². The van der Waals surface area contributed by atoms with E-state index < -0.39 is 16.1 Å². The van der Waals surface area contributed by atoms with Gasteiger partial charge in [0.05, 0.1) is 23.6 Å². The second-order valence-corrected chi connectivity index (χ2v) is 14.5. The molecule has 1 amide bonds. The van der Waals surface area contributed by atoms with Crippen molar-refractivity contribution >= 4 is 32.4 Å². The van der Waals surface area contributed by atoms with Gasteiger partial charge >= 0.3 is 0 Å². The molecule has 252 valence electrons. The first-order valence-electron chi connectivity index (χ1n) is 17.1. The Morgan fingerprint density at radius 2 is 1.57 bits per heavy atom. The van der Waals surface area contributed by atoms with Crippen LogP contribution in [-0.2, 0) is 21.2 Å². The fourth-order valence-corrected chi connectivity index (χ4v) is 8.19. The van der Waals surface area contributed by atoms with Crippen molar-refractivity contribution in [3.63, 3.8) is 0 Å². The molecule has 1 fully saturated rings. The molecule has 0 aromatic heterocycles. The van der Waals surface area contributed by atoms with Crippen molar-refractivity contribution in [3.05, 3.63) is 138 Å². The van der Waals surface area contributed by atoms with Crippen LogP contribution in [0.2, 0.25) is 0 Å². The van der Waals surface area contributed by atoms with E-state index in [9.17, 15) is 13.2 Å². The highest BCUT2D eigenvalue weighted by molar-refractivity contribution is 7.89. The van der Waals surface area contributed by atoms with E-state index >= 15 is 0 Å². The largest absolute Gasteiger partial charge is 0.493 e. The molecule has 0 aliphatic carbocycles. The number of rotatable bonds is 11. The topological polar surface area (TPSA) is 91.0 Å². The van der Waals surface area contributed by atoms with Gasteiger partial charge in [-0.25, -0.2) is 13.1 Å². The summed E-state index contributed by atoms with van der Waals surface area (Å²) in [6, 6.07) is 37.1. The maximum atomic E-state index is 14.7. The standard InChI is InChI=1S/C40H42N4O4S/c45-40(29-37(32-10-3-1-4-11-32)42-49(46,47)35-17-16-31-9-7-8-12-33(31)28-35)44(34-13-5-2-6-14-34)38-20-26-48-39-18-15-30(27-36(38)39)19-23-43-24-21-41-22-25-43/h1-18,27-28,37-38,41-42H,19-26,29H2. The summed E-state index contributed by atoms with van der Waals surface area (Å²) in [7, 11) is -3.98. The van der Waals surface area contributed by atoms with Gasteiger partial charge in [-0.15, -0.1) is 0 Å². The Kier molecular flexibility index (Phi) is 10.0. The molecule has 2 heterocycles. The molecule has 0 radical (unpaired) electrons. The number of carbonyl (C=O) groups is 1. The summed E-state index contributed by atoms with van der Waals surface area (Å²) in [6.07, 6.45) is 1.46. The summed E-state index contributed by atoms with van der Waals surface area (Å²) in [6.45, 7) is 5.56. The molecule has 2 atom stereocenters. The molecule has 5 aromatic carbocycles. The van der Waals surface area contributed by atoms with Crippen molar-refractivity contribution in [3.8, 4) is 5.75 Å². The molecule has 9 heteroatoms. The van der Waals surface area contributed by atoms with Gasteiger partial charge in [-0.05, 0) is 64.7 Å². The third-order valence-electron chi connectivity index (χ3n) is 9.53. The fourth-order valence-electron chi connectivity index (χ4n) is 6.93. The Hall–Kier alpha value is -4.54. The first-order valence-corrected chi connectivity index (χ1v) is 18.5. The molecular weight excluding hydrogens is 633 g/mol. The van der Waals surface area contributed by atoms with Gasteiger partial charge in [0.25, 0.3) is 0 Å². The van der Waals surface area contributed by atoms with E-state index in [1.165, 1.54) is 5.56 Å². The number of hydrogen-bond acceptors (Lipinski definition) is 6. The maximum Gasteiger partial charge on any atom is 0.241 e. The smallest absolute Gasteiger partial charge is 0.241 e. The van der Waals surface area contributed by atoms with Crippen LogP contribution in [0.5, 0.6) is 5.75 Å². The lowest BCUT2D eigenvalue weighted by atomic mass is 9.94. The molecule has 2 aliphatic rings.